The molecule has 1 unspecified atom stereocenters. The highest BCUT2D eigenvalue weighted by molar-refractivity contribution is 4.79. The van der Waals surface area contributed by atoms with Gasteiger partial charge in [-0.1, -0.05) is 33.1 Å². The molecule has 1 heterocycles. The molecule has 0 bridgehead atoms. The Kier molecular flexibility index (Phi) is 7.03. The van der Waals surface area contributed by atoms with E-state index in [9.17, 15) is 0 Å². The van der Waals surface area contributed by atoms with Gasteiger partial charge < -0.3 is 5.32 Å². The summed E-state index contributed by atoms with van der Waals surface area (Å²) < 4.78 is 0. The Hall–Kier alpha value is -0.0800. The number of likely N-dealkylation sites (tertiary alicyclic amines) is 1. The fraction of sp³-hybridized carbons (Fsp3) is 1.00. The van der Waals surface area contributed by atoms with Crippen molar-refractivity contribution >= 4 is 0 Å². The maximum Gasteiger partial charge on any atom is 0.0220 e. The molecule has 1 fully saturated rings. The summed E-state index contributed by atoms with van der Waals surface area (Å²) in [6.45, 7) is 9.51. The number of likely N-dealkylation sites (N-methyl/N-ethyl adjacent to an activating group) is 1. The molecule has 2 nitrogen and oxygen atoms in total. The second kappa shape index (κ2) is 8.12. The smallest absolute Gasteiger partial charge is 0.0220 e. The fourth-order valence-corrected chi connectivity index (χ4v) is 2.49. The summed E-state index contributed by atoms with van der Waals surface area (Å²) in [6, 6.07) is 0.821. The quantitative estimate of drug-likeness (QED) is 0.622. The van der Waals surface area contributed by atoms with Crippen molar-refractivity contribution in [2.24, 2.45) is 0 Å². The number of nitrogens with zero attached hydrogens (tertiary/aromatic N) is 1. The molecule has 1 aliphatic rings. The normalized spacial score (nSPS) is 22.4. The minimum absolute atomic E-state index is 0.821. The van der Waals surface area contributed by atoms with Crippen molar-refractivity contribution in [3.05, 3.63) is 0 Å². The summed E-state index contributed by atoms with van der Waals surface area (Å²) in [5.41, 5.74) is 0. The third kappa shape index (κ3) is 4.98. The first-order chi connectivity index (χ1) is 7.38. The van der Waals surface area contributed by atoms with Gasteiger partial charge in [0.05, 0.1) is 0 Å². The SMILES string of the molecule is CCCCCCNCC1CCCN1CC. The standard InChI is InChI=1S/C13H28N2/c1-3-5-6-7-10-14-12-13-9-8-11-15(13)4-2/h13-14H,3-12H2,1-2H3. The maximum absolute atomic E-state index is 3.61. The van der Waals surface area contributed by atoms with Crippen molar-refractivity contribution in [1.82, 2.24) is 10.2 Å². The van der Waals surface area contributed by atoms with Gasteiger partial charge in [-0.3, -0.25) is 4.90 Å². The van der Waals surface area contributed by atoms with Crippen LogP contribution in [0.25, 0.3) is 0 Å². The summed E-state index contributed by atoms with van der Waals surface area (Å²) in [5.74, 6) is 0. The van der Waals surface area contributed by atoms with Crippen LogP contribution in [0.15, 0.2) is 0 Å². The molecule has 15 heavy (non-hydrogen) atoms. The van der Waals surface area contributed by atoms with E-state index in [2.05, 4.69) is 24.1 Å². The van der Waals surface area contributed by atoms with Gasteiger partial charge in [0.1, 0.15) is 0 Å². The van der Waals surface area contributed by atoms with Crippen LogP contribution >= 0.6 is 0 Å². The monoisotopic (exact) mass is 212 g/mol. The van der Waals surface area contributed by atoms with Crippen LogP contribution in [0.4, 0.5) is 0 Å². The Labute approximate surface area is 95.4 Å². The topological polar surface area (TPSA) is 15.3 Å². The zero-order valence-electron chi connectivity index (χ0n) is 10.6. The summed E-state index contributed by atoms with van der Waals surface area (Å²) in [6.07, 6.45) is 8.28. The lowest BCUT2D eigenvalue weighted by atomic mass is 10.2. The van der Waals surface area contributed by atoms with Gasteiger partial charge in [-0.2, -0.15) is 0 Å². The highest BCUT2D eigenvalue weighted by Gasteiger charge is 2.21. The van der Waals surface area contributed by atoms with E-state index in [1.807, 2.05) is 0 Å². The van der Waals surface area contributed by atoms with Crippen LogP contribution in [-0.2, 0) is 0 Å². The molecule has 1 aliphatic heterocycles. The molecule has 0 amide bonds. The Morgan fingerprint density at radius 3 is 2.80 bits per heavy atom. The molecular weight excluding hydrogens is 184 g/mol. The lowest BCUT2D eigenvalue weighted by molar-refractivity contribution is 0.260. The number of nitrogens with one attached hydrogen (secondary N) is 1. The average Bonchev–Trinajstić information content (AvgIpc) is 2.70. The fourth-order valence-electron chi connectivity index (χ4n) is 2.49. The molecule has 0 aromatic rings. The third-order valence-electron chi connectivity index (χ3n) is 3.49. The predicted octanol–water partition coefficient (Wildman–Crippen LogP) is 2.64. The second-order valence-corrected chi connectivity index (χ2v) is 4.69. The first-order valence-corrected chi connectivity index (χ1v) is 6.83. The molecule has 0 aromatic carbocycles. The number of hydrogen-bond donors (Lipinski definition) is 1. The Morgan fingerprint density at radius 2 is 2.07 bits per heavy atom. The zero-order chi connectivity index (χ0) is 10.9. The molecule has 90 valence electrons. The zero-order valence-corrected chi connectivity index (χ0v) is 10.6. The minimum Gasteiger partial charge on any atom is -0.315 e. The molecule has 0 spiro atoms. The minimum atomic E-state index is 0.821. The molecular formula is C13H28N2. The van der Waals surface area contributed by atoms with Crippen LogP contribution in [0.1, 0.15) is 52.4 Å². The Bertz CT molecular complexity index is 147. The average molecular weight is 212 g/mol. The van der Waals surface area contributed by atoms with E-state index in [1.165, 1.54) is 64.7 Å². The number of hydrogen-bond acceptors (Lipinski definition) is 2. The van der Waals surface area contributed by atoms with Crippen LogP contribution in [0.3, 0.4) is 0 Å². The first-order valence-electron chi connectivity index (χ1n) is 6.83. The van der Waals surface area contributed by atoms with Crippen LogP contribution < -0.4 is 5.32 Å². The van der Waals surface area contributed by atoms with Gasteiger partial charge in [-0.15, -0.1) is 0 Å². The van der Waals surface area contributed by atoms with Gasteiger partial charge in [-0.05, 0) is 38.9 Å². The van der Waals surface area contributed by atoms with Crippen molar-refractivity contribution in [2.45, 2.75) is 58.4 Å². The largest absolute Gasteiger partial charge is 0.315 e. The van der Waals surface area contributed by atoms with Crippen LogP contribution in [0.2, 0.25) is 0 Å². The van der Waals surface area contributed by atoms with E-state index >= 15 is 0 Å². The molecule has 2 heteroatoms. The van der Waals surface area contributed by atoms with Crippen molar-refractivity contribution in [1.29, 1.82) is 0 Å². The van der Waals surface area contributed by atoms with E-state index in [1.54, 1.807) is 0 Å². The molecule has 0 aliphatic carbocycles. The van der Waals surface area contributed by atoms with Crippen LogP contribution in [0.5, 0.6) is 0 Å². The van der Waals surface area contributed by atoms with E-state index in [4.69, 9.17) is 0 Å². The highest BCUT2D eigenvalue weighted by Crippen LogP contribution is 2.15. The van der Waals surface area contributed by atoms with Crippen LogP contribution in [0, 0.1) is 0 Å². The summed E-state index contributed by atoms with van der Waals surface area (Å²) in [4.78, 5) is 2.61. The van der Waals surface area contributed by atoms with Gasteiger partial charge in [0.2, 0.25) is 0 Å². The van der Waals surface area contributed by atoms with Crippen molar-refractivity contribution in [2.75, 3.05) is 26.2 Å². The summed E-state index contributed by atoms with van der Waals surface area (Å²) in [7, 11) is 0. The summed E-state index contributed by atoms with van der Waals surface area (Å²) in [5, 5.41) is 3.61. The van der Waals surface area contributed by atoms with Gasteiger partial charge in [-0.25, -0.2) is 0 Å². The first kappa shape index (κ1) is 13.0. The highest BCUT2D eigenvalue weighted by atomic mass is 15.2. The molecule has 1 atom stereocenters. The lowest BCUT2D eigenvalue weighted by Crippen LogP contribution is -2.38. The molecule has 1 N–H and O–H groups in total. The van der Waals surface area contributed by atoms with Crippen molar-refractivity contribution in [3.63, 3.8) is 0 Å². The summed E-state index contributed by atoms with van der Waals surface area (Å²) >= 11 is 0. The lowest BCUT2D eigenvalue weighted by Gasteiger charge is -2.22. The van der Waals surface area contributed by atoms with Gasteiger partial charge in [0.25, 0.3) is 0 Å². The number of unbranched alkanes of at least 4 members (excludes halogenated alkanes) is 3. The predicted molar refractivity (Wildman–Crippen MR) is 67.3 cm³/mol. The van der Waals surface area contributed by atoms with E-state index in [0.717, 1.165) is 6.04 Å². The molecule has 0 saturated carbocycles. The van der Waals surface area contributed by atoms with Crippen LogP contribution in [-0.4, -0.2) is 37.1 Å². The molecule has 1 rings (SSSR count). The van der Waals surface area contributed by atoms with Gasteiger partial charge >= 0.3 is 0 Å². The Balaban J connectivity index is 1.95. The Morgan fingerprint density at radius 1 is 1.20 bits per heavy atom. The van der Waals surface area contributed by atoms with Gasteiger partial charge in [0.15, 0.2) is 0 Å². The van der Waals surface area contributed by atoms with E-state index in [-0.39, 0.29) is 0 Å². The molecule has 0 radical (unpaired) electrons. The maximum atomic E-state index is 3.61. The van der Waals surface area contributed by atoms with E-state index < -0.39 is 0 Å². The molecule has 1 saturated heterocycles. The molecule has 0 aromatic heterocycles. The third-order valence-corrected chi connectivity index (χ3v) is 3.49. The van der Waals surface area contributed by atoms with Gasteiger partial charge in [0, 0.05) is 12.6 Å². The van der Waals surface area contributed by atoms with E-state index in [0.29, 0.717) is 0 Å². The van der Waals surface area contributed by atoms with Crippen molar-refractivity contribution < 1.29 is 0 Å². The van der Waals surface area contributed by atoms with Crippen molar-refractivity contribution in [3.8, 4) is 0 Å². The number of rotatable bonds is 8. The second-order valence-electron chi connectivity index (χ2n) is 4.69.